The van der Waals surface area contributed by atoms with Gasteiger partial charge < -0.3 is 10.2 Å². The van der Waals surface area contributed by atoms with Crippen LogP contribution in [0.1, 0.15) is 12.8 Å². The smallest absolute Gasteiger partial charge is 0.312 e. The molecular weight excluding hydrogens is 312 g/mol. The average Bonchev–Trinajstić information content (AvgIpc) is 3.00. The molecule has 19 heavy (non-hydrogen) atoms. The first-order valence-electron chi connectivity index (χ1n) is 6.35. The molecule has 2 aliphatic heterocycles. The molecule has 3 heterocycles. The molecule has 1 aromatic heterocycles. The van der Waals surface area contributed by atoms with Crippen LogP contribution < -0.4 is 10.2 Å². The van der Waals surface area contributed by atoms with Crippen LogP contribution in [0.4, 0.5) is 11.5 Å². The minimum atomic E-state index is -0.356. The van der Waals surface area contributed by atoms with Crippen LogP contribution in [0.5, 0.6) is 0 Å². The number of nitrogens with one attached hydrogen (secondary N) is 1. The maximum Gasteiger partial charge on any atom is 0.312 e. The fourth-order valence-electron chi connectivity index (χ4n) is 3.06. The van der Waals surface area contributed by atoms with Crippen LogP contribution in [0, 0.1) is 15.5 Å². The van der Waals surface area contributed by atoms with E-state index < -0.39 is 0 Å². The van der Waals surface area contributed by atoms with Crippen molar-refractivity contribution < 1.29 is 4.92 Å². The highest BCUT2D eigenvalue weighted by Gasteiger charge is 2.42. The molecule has 1 N–H and O–H groups in total. The molecule has 0 aromatic carbocycles. The van der Waals surface area contributed by atoms with Gasteiger partial charge in [-0.1, -0.05) is 0 Å². The van der Waals surface area contributed by atoms with Crippen molar-refractivity contribution in [1.29, 1.82) is 0 Å². The summed E-state index contributed by atoms with van der Waals surface area (Å²) in [6.45, 7) is 3.75. The van der Waals surface area contributed by atoms with Gasteiger partial charge in [0.25, 0.3) is 0 Å². The maximum absolute atomic E-state index is 11.1. The lowest BCUT2D eigenvalue weighted by atomic mass is 9.87. The van der Waals surface area contributed by atoms with Gasteiger partial charge in [0.2, 0.25) is 5.82 Å². The van der Waals surface area contributed by atoms with E-state index in [-0.39, 0.29) is 16.0 Å². The third kappa shape index (κ3) is 2.32. The second-order valence-corrected chi connectivity index (χ2v) is 6.27. The van der Waals surface area contributed by atoms with E-state index in [9.17, 15) is 10.1 Å². The number of rotatable bonds is 2. The molecule has 2 saturated heterocycles. The Bertz CT molecular complexity index is 516. The second-order valence-electron chi connectivity index (χ2n) is 5.35. The molecule has 1 aromatic rings. The summed E-state index contributed by atoms with van der Waals surface area (Å²) in [6, 6.07) is 1.53. The van der Waals surface area contributed by atoms with Gasteiger partial charge in [0, 0.05) is 41.8 Å². The number of pyridine rings is 1. The summed E-state index contributed by atoms with van der Waals surface area (Å²) in [5, 5.41) is 14.5. The largest absolute Gasteiger partial charge is 0.350 e. The van der Waals surface area contributed by atoms with E-state index in [2.05, 4.69) is 31.1 Å². The van der Waals surface area contributed by atoms with Crippen LogP contribution in [0.3, 0.4) is 0 Å². The molecule has 102 valence electrons. The highest BCUT2D eigenvalue weighted by Crippen LogP contribution is 2.40. The van der Waals surface area contributed by atoms with Crippen molar-refractivity contribution in [1.82, 2.24) is 10.3 Å². The normalized spacial score (nSPS) is 26.3. The molecule has 1 spiro atoms. The molecule has 3 rings (SSSR count). The predicted molar refractivity (Wildman–Crippen MR) is 75.3 cm³/mol. The van der Waals surface area contributed by atoms with E-state index in [1.807, 2.05) is 0 Å². The Hall–Kier alpha value is -1.21. The summed E-state index contributed by atoms with van der Waals surface area (Å²) in [6.07, 6.45) is 3.85. The Kier molecular flexibility index (Phi) is 3.18. The van der Waals surface area contributed by atoms with Crippen molar-refractivity contribution in [3.63, 3.8) is 0 Å². The quantitative estimate of drug-likeness (QED) is 0.664. The van der Waals surface area contributed by atoms with Crippen molar-refractivity contribution in [3.8, 4) is 0 Å². The Balaban J connectivity index is 1.89. The first-order chi connectivity index (χ1) is 9.10. The number of anilines is 1. The molecule has 7 heteroatoms. The first-order valence-corrected chi connectivity index (χ1v) is 7.15. The van der Waals surface area contributed by atoms with Crippen LogP contribution in [0.25, 0.3) is 0 Å². The van der Waals surface area contributed by atoms with Gasteiger partial charge in [0.15, 0.2) is 0 Å². The maximum atomic E-state index is 11.1. The van der Waals surface area contributed by atoms with Crippen LogP contribution in [-0.4, -0.2) is 36.1 Å². The highest BCUT2D eigenvalue weighted by molar-refractivity contribution is 9.10. The number of nitrogens with zero attached hydrogens (tertiary/aromatic N) is 3. The standard InChI is InChI=1S/C12H15BrN4O2/c13-9-5-10(17(18)19)11(15-6-9)16-4-2-12(8-16)1-3-14-7-12/h5-6,14H,1-4,7-8H2. The van der Waals surface area contributed by atoms with E-state index in [4.69, 9.17) is 0 Å². The average molecular weight is 327 g/mol. The third-order valence-electron chi connectivity index (χ3n) is 4.08. The molecule has 2 aliphatic rings. The number of hydrogen-bond donors (Lipinski definition) is 1. The SMILES string of the molecule is O=[N+]([O-])c1cc(Br)cnc1N1CCC2(CCNC2)C1. The molecule has 2 fully saturated rings. The van der Waals surface area contributed by atoms with Gasteiger partial charge in [-0.15, -0.1) is 0 Å². The van der Waals surface area contributed by atoms with Crippen molar-refractivity contribution >= 4 is 27.4 Å². The van der Waals surface area contributed by atoms with Crippen molar-refractivity contribution in [2.24, 2.45) is 5.41 Å². The fourth-order valence-corrected chi connectivity index (χ4v) is 3.38. The summed E-state index contributed by atoms with van der Waals surface area (Å²) in [5.41, 5.74) is 0.361. The zero-order valence-corrected chi connectivity index (χ0v) is 12.0. The Morgan fingerprint density at radius 1 is 1.53 bits per heavy atom. The van der Waals surface area contributed by atoms with Gasteiger partial charge in [-0.05, 0) is 35.3 Å². The lowest BCUT2D eigenvalue weighted by molar-refractivity contribution is -0.384. The second kappa shape index (κ2) is 4.72. The summed E-state index contributed by atoms with van der Waals surface area (Å²) < 4.78 is 0.638. The number of nitro groups is 1. The zero-order chi connectivity index (χ0) is 13.5. The van der Waals surface area contributed by atoms with Gasteiger partial charge >= 0.3 is 5.69 Å². The van der Waals surface area contributed by atoms with Crippen LogP contribution in [0.15, 0.2) is 16.7 Å². The first kappa shape index (κ1) is 12.8. The van der Waals surface area contributed by atoms with E-state index in [1.165, 1.54) is 6.07 Å². The molecular formula is C12H15BrN4O2. The molecule has 0 radical (unpaired) electrons. The van der Waals surface area contributed by atoms with Crippen LogP contribution in [-0.2, 0) is 0 Å². The molecule has 0 amide bonds. The fraction of sp³-hybridized carbons (Fsp3) is 0.583. The number of aromatic nitrogens is 1. The van der Waals surface area contributed by atoms with Gasteiger partial charge in [-0.25, -0.2) is 4.98 Å². The van der Waals surface area contributed by atoms with E-state index in [0.717, 1.165) is 39.0 Å². The lowest BCUT2D eigenvalue weighted by Crippen LogP contribution is -2.29. The Labute approximate surface area is 119 Å². The third-order valence-corrected chi connectivity index (χ3v) is 4.51. The minimum absolute atomic E-state index is 0.0809. The van der Waals surface area contributed by atoms with Crippen LogP contribution >= 0.6 is 15.9 Å². The lowest BCUT2D eigenvalue weighted by Gasteiger charge is -2.23. The number of halogens is 1. The van der Waals surface area contributed by atoms with Gasteiger partial charge in [0.1, 0.15) is 0 Å². The summed E-state index contributed by atoms with van der Waals surface area (Å²) in [5.74, 6) is 0.497. The molecule has 6 nitrogen and oxygen atoms in total. The van der Waals surface area contributed by atoms with Gasteiger partial charge in [0.05, 0.1) is 4.92 Å². The van der Waals surface area contributed by atoms with Crippen molar-refractivity contribution in [2.75, 3.05) is 31.1 Å². The van der Waals surface area contributed by atoms with E-state index in [1.54, 1.807) is 6.20 Å². The molecule has 1 atom stereocenters. The van der Waals surface area contributed by atoms with Crippen molar-refractivity contribution in [2.45, 2.75) is 12.8 Å². The minimum Gasteiger partial charge on any atom is -0.350 e. The predicted octanol–water partition coefficient (Wildman–Crippen LogP) is 1.94. The topological polar surface area (TPSA) is 71.3 Å². The molecule has 0 saturated carbocycles. The molecule has 0 aliphatic carbocycles. The summed E-state index contributed by atoms with van der Waals surface area (Å²) >= 11 is 3.24. The Morgan fingerprint density at radius 3 is 3.05 bits per heavy atom. The van der Waals surface area contributed by atoms with E-state index >= 15 is 0 Å². The monoisotopic (exact) mass is 326 g/mol. The Morgan fingerprint density at radius 2 is 2.37 bits per heavy atom. The van der Waals surface area contributed by atoms with E-state index in [0.29, 0.717) is 10.3 Å². The summed E-state index contributed by atoms with van der Waals surface area (Å²) in [4.78, 5) is 17.1. The van der Waals surface area contributed by atoms with Gasteiger partial charge in [-0.2, -0.15) is 0 Å². The van der Waals surface area contributed by atoms with Crippen molar-refractivity contribution in [3.05, 3.63) is 26.9 Å². The molecule has 1 unspecified atom stereocenters. The molecule has 0 bridgehead atoms. The van der Waals surface area contributed by atoms with Gasteiger partial charge in [-0.3, -0.25) is 10.1 Å². The number of hydrogen-bond acceptors (Lipinski definition) is 5. The highest BCUT2D eigenvalue weighted by atomic mass is 79.9. The summed E-state index contributed by atoms with van der Waals surface area (Å²) in [7, 11) is 0. The zero-order valence-electron chi connectivity index (χ0n) is 10.4. The van der Waals surface area contributed by atoms with Crippen LogP contribution in [0.2, 0.25) is 0 Å².